The molecule has 0 atom stereocenters. The molecule has 0 aromatic heterocycles. The zero-order chi connectivity index (χ0) is 9.19. The molecule has 1 rings (SSSR count). The molecule has 0 aliphatic rings. The first-order chi connectivity index (χ1) is 5.52. The van der Waals surface area contributed by atoms with E-state index >= 15 is 0 Å². The van der Waals surface area contributed by atoms with Crippen LogP contribution in [0, 0.1) is 0 Å². The van der Waals surface area contributed by atoms with Gasteiger partial charge in [-0.1, -0.05) is 42.5 Å². The maximum absolute atomic E-state index is 7.11. The van der Waals surface area contributed by atoms with Gasteiger partial charge in [0, 0.05) is 4.11 Å². The predicted molar refractivity (Wildman–Crippen MR) is 41.2 cm³/mol. The lowest BCUT2D eigenvalue weighted by Crippen LogP contribution is -1.72. The summed E-state index contributed by atoms with van der Waals surface area (Å²) in [4.78, 5) is 0. The van der Waals surface area contributed by atoms with E-state index in [1.165, 1.54) is 0 Å². The Morgan fingerprint density at radius 1 is 1.44 bits per heavy atom. The van der Waals surface area contributed by atoms with Crippen molar-refractivity contribution in [3.63, 3.8) is 0 Å². The summed E-state index contributed by atoms with van der Waals surface area (Å²) in [6, 6.07) is 8.93. The highest BCUT2D eigenvalue weighted by molar-refractivity contribution is 5.60. The first-order valence-corrected chi connectivity index (χ1v) is 2.76. The molecular formula is C9H10. The zero-order valence-corrected chi connectivity index (χ0v) is 5.09. The van der Waals surface area contributed by atoms with E-state index in [0.717, 1.165) is 0 Å². The van der Waals surface area contributed by atoms with Crippen LogP contribution in [-0.4, -0.2) is 0 Å². The molecule has 0 aliphatic carbocycles. The Labute approximate surface area is 60.1 Å². The second kappa shape index (κ2) is 2.49. The van der Waals surface area contributed by atoms with Gasteiger partial charge in [0.25, 0.3) is 0 Å². The van der Waals surface area contributed by atoms with Crippen molar-refractivity contribution in [3.05, 3.63) is 42.5 Å². The zero-order valence-electron chi connectivity index (χ0n) is 8.09. The summed E-state index contributed by atoms with van der Waals surface area (Å²) < 4.78 is 21.3. The van der Waals surface area contributed by atoms with E-state index in [1.54, 1.807) is 24.3 Å². The highest BCUT2D eigenvalue weighted by atomic mass is 13.9. The fraction of sp³-hybridized carbons (Fsp3) is 0.111. The van der Waals surface area contributed by atoms with Gasteiger partial charge in [0.2, 0.25) is 0 Å². The second-order valence-electron chi connectivity index (χ2n) is 1.84. The van der Waals surface area contributed by atoms with E-state index in [2.05, 4.69) is 6.58 Å². The molecule has 0 N–H and O–H groups in total. The van der Waals surface area contributed by atoms with Gasteiger partial charge in [0.05, 0.1) is 0 Å². The van der Waals surface area contributed by atoms with Crippen molar-refractivity contribution in [2.75, 3.05) is 0 Å². The van der Waals surface area contributed by atoms with E-state index < -0.39 is 6.85 Å². The van der Waals surface area contributed by atoms with Crippen molar-refractivity contribution < 1.29 is 4.11 Å². The van der Waals surface area contributed by atoms with Crippen molar-refractivity contribution in [1.29, 1.82) is 0 Å². The molecular weight excluding hydrogens is 108 g/mol. The van der Waals surface area contributed by atoms with E-state index in [0.29, 0.717) is 5.56 Å². The molecule has 9 heavy (non-hydrogen) atoms. The summed E-state index contributed by atoms with van der Waals surface area (Å²) in [5.41, 5.74) is 0.876. The molecule has 0 spiro atoms. The molecule has 0 bridgehead atoms. The Morgan fingerprint density at radius 3 is 2.67 bits per heavy atom. The Morgan fingerprint density at radius 2 is 2.11 bits per heavy atom. The average Bonchev–Trinajstić information content (AvgIpc) is 2.03. The maximum Gasteiger partial charge on any atom is 0.0280 e. The van der Waals surface area contributed by atoms with Gasteiger partial charge < -0.3 is 0 Å². The molecule has 0 saturated heterocycles. The van der Waals surface area contributed by atoms with Gasteiger partial charge in [0.1, 0.15) is 0 Å². The van der Waals surface area contributed by atoms with Crippen molar-refractivity contribution in [2.45, 2.75) is 6.85 Å². The monoisotopic (exact) mass is 121 g/mol. The fourth-order valence-electron chi connectivity index (χ4n) is 0.639. The SMILES string of the molecule is [2H]C([2H])([2H])C(=C)c1ccccc1. The van der Waals surface area contributed by atoms with E-state index in [4.69, 9.17) is 4.11 Å². The van der Waals surface area contributed by atoms with Gasteiger partial charge in [-0.2, -0.15) is 0 Å². The van der Waals surface area contributed by atoms with Crippen LogP contribution in [0.15, 0.2) is 36.9 Å². The summed E-state index contributed by atoms with van der Waals surface area (Å²) in [6.45, 7) is 1.45. The predicted octanol–water partition coefficient (Wildman–Crippen LogP) is 2.72. The minimum atomic E-state index is -2.08. The quantitative estimate of drug-likeness (QED) is 0.536. The third-order valence-corrected chi connectivity index (χ3v) is 1.12. The average molecular weight is 121 g/mol. The van der Waals surface area contributed by atoms with E-state index in [1.807, 2.05) is 6.07 Å². The summed E-state index contributed by atoms with van der Waals surface area (Å²) in [6.07, 6.45) is 0. The van der Waals surface area contributed by atoms with Crippen LogP contribution in [0.5, 0.6) is 0 Å². The van der Waals surface area contributed by atoms with Gasteiger partial charge in [-0.05, 0) is 12.4 Å². The van der Waals surface area contributed by atoms with Gasteiger partial charge in [-0.15, -0.1) is 0 Å². The molecule has 46 valence electrons. The molecule has 1 aromatic rings. The Hall–Kier alpha value is -1.04. The van der Waals surface area contributed by atoms with Crippen LogP contribution in [0.2, 0.25) is 0 Å². The normalized spacial score (nSPS) is 15.3. The highest BCUT2D eigenvalue weighted by Crippen LogP contribution is 2.08. The number of hydrogen-bond acceptors (Lipinski definition) is 0. The molecule has 0 radical (unpaired) electrons. The third kappa shape index (κ3) is 1.43. The summed E-state index contributed by atoms with van der Waals surface area (Å²) in [5.74, 6) is 0. The Kier molecular flexibility index (Phi) is 0.889. The summed E-state index contributed by atoms with van der Waals surface area (Å²) in [7, 11) is 0. The van der Waals surface area contributed by atoms with E-state index in [9.17, 15) is 0 Å². The lowest BCUT2D eigenvalue weighted by Gasteiger charge is -1.94. The Bertz CT molecular complexity index is 272. The fourth-order valence-corrected chi connectivity index (χ4v) is 0.639. The van der Waals surface area contributed by atoms with Crippen molar-refractivity contribution >= 4 is 5.57 Å². The largest absolute Gasteiger partial charge is 0.0955 e. The van der Waals surface area contributed by atoms with Crippen LogP contribution in [-0.2, 0) is 0 Å². The van der Waals surface area contributed by atoms with Crippen LogP contribution < -0.4 is 0 Å². The molecule has 0 nitrogen and oxygen atoms in total. The first kappa shape index (κ1) is 3.21. The number of rotatable bonds is 1. The van der Waals surface area contributed by atoms with Crippen LogP contribution in [0.1, 0.15) is 16.5 Å². The van der Waals surface area contributed by atoms with Crippen molar-refractivity contribution in [1.82, 2.24) is 0 Å². The van der Waals surface area contributed by atoms with Gasteiger partial charge in [-0.3, -0.25) is 0 Å². The number of hydrogen-bond donors (Lipinski definition) is 0. The summed E-state index contributed by atoms with van der Waals surface area (Å²) in [5, 5.41) is 0. The van der Waals surface area contributed by atoms with Gasteiger partial charge in [0.15, 0.2) is 0 Å². The molecule has 0 fully saturated rings. The topological polar surface area (TPSA) is 0 Å². The Balaban J connectivity index is 2.94. The standard InChI is InChI=1S/C9H10/c1-8(2)9-6-4-3-5-7-9/h3-7H,1H2,2H3/i2D3. The van der Waals surface area contributed by atoms with Crippen molar-refractivity contribution in [3.8, 4) is 0 Å². The molecule has 0 heterocycles. The molecule has 0 saturated carbocycles. The van der Waals surface area contributed by atoms with Gasteiger partial charge >= 0.3 is 0 Å². The lowest BCUT2D eigenvalue weighted by molar-refractivity contribution is 1.58. The second-order valence-corrected chi connectivity index (χ2v) is 1.84. The third-order valence-electron chi connectivity index (χ3n) is 1.12. The number of allylic oxidation sites excluding steroid dienone is 1. The highest BCUT2D eigenvalue weighted by Gasteiger charge is 1.86. The molecule has 0 heteroatoms. The van der Waals surface area contributed by atoms with Crippen LogP contribution in [0.3, 0.4) is 0 Å². The van der Waals surface area contributed by atoms with Gasteiger partial charge in [-0.25, -0.2) is 0 Å². The van der Waals surface area contributed by atoms with Crippen LogP contribution in [0.4, 0.5) is 0 Å². The molecule has 0 amide bonds. The lowest BCUT2D eigenvalue weighted by atomic mass is 10.1. The molecule has 1 aromatic carbocycles. The first-order valence-electron chi connectivity index (χ1n) is 4.26. The smallest absolute Gasteiger partial charge is 0.0280 e. The minimum absolute atomic E-state index is 0.197. The molecule has 0 unspecified atom stereocenters. The maximum atomic E-state index is 7.11. The number of benzene rings is 1. The minimum Gasteiger partial charge on any atom is -0.0955 e. The summed E-state index contributed by atoms with van der Waals surface area (Å²) >= 11 is 0. The van der Waals surface area contributed by atoms with Crippen molar-refractivity contribution in [2.24, 2.45) is 0 Å². The van der Waals surface area contributed by atoms with Crippen LogP contribution >= 0.6 is 0 Å². The van der Waals surface area contributed by atoms with Crippen LogP contribution in [0.25, 0.3) is 5.57 Å². The molecule has 0 aliphatic heterocycles. The van der Waals surface area contributed by atoms with E-state index in [-0.39, 0.29) is 5.57 Å².